The number of nitrogens with zero attached hydrogens (tertiary/aromatic N) is 1. The van der Waals surface area contributed by atoms with Gasteiger partial charge in [-0.05, 0) is 18.1 Å². The lowest BCUT2D eigenvalue weighted by atomic mass is 10.1. The molecule has 1 rings (SSSR count). The molecule has 0 aliphatic rings. The van der Waals surface area contributed by atoms with E-state index in [1.807, 2.05) is 0 Å². The third-order valence-corrected chi connectivity index (χ3v) is 2.60. The highest BCUT2D eigenvalue weighted by Gasteiger charge is 2.10. The molecule has 0 saturated carbocycles. The lowest BCUT2D eigenvalue weighted by Gasteiger charge is -2.05. The van der Waals surface area contributed by atoms with E-state index in [-0.39, 0.29) is 18.7 Å². The Kier molecular flexibility index (Phi) is 4.02. The molecular formula is C9H12N2O5S. The van der Waals surface area contributed by atoms with Crippen LogP contribution in [0.15, 0.2) is 18.2 Å². The van der Waals surface area contributed by atoms with Crippen LogP contribution in [0, 0.1) is 10.1 Å². The largest absolute Gasteiger partial charge is 0.398 e. The number of rotatable bonds is 5. The molecule has 1 aromatic rings. The van der Waals surface area contributed by atoms with E-state index < -0.39 is 15.0 Å². The number of nitrogen functional groups attached to an aromatic ring is 1. The molecule has 7 nitrogen and oxygen atoms in total. The van der Waals surface area contributed by atoms with Gasteiger partial charge in [0.25, 0.3) is 15.8 Å². The summed E-state index contributed by atoms with van der Waals surface area (Å²) in [5.74, 6) is 0. The fourth-order valence-corrected chi connectivity index (χ4v) is 1.61. The van der Waals surface area contributed by atoms with Crippen molar-refractivity contribution in [3.63, 3.8) is 0 Å². The van der Waals surface area contributed by atoms with Crippen LogP contribution >= 0.6 is 0 Å². The molecule has 0 saturated heterocycles. The number of hydrogen-bond donors (Lipinski definition) is 1. The second-order valence-corrected chi connectivity index (χ2v) is 5.06. The average Bonchev–Trinajstić information content (AvgIpc) is 2.18. The molecule has 17 heavy (non-hydrogen) atoms. The Morgan fingerprint density at radius 3 is 2.65 bits per heavy atom. The van der Waals surface area contributed by atoms with Gasteiger partial charge in [-0.15, -0.1) is 0 Å². The van der Waals surface area contributed by atoms with E-state index >= 15 is 0 Å². The van der Waals surface area contributed by atoms with Gasteiger partial charge in [0.1, 0.15) is 0 Å². The van der Waals surface area contributed by atoms with Crippen molar-refractivity contribution in [2.24, 2.45) is 0 Å². The molecule has 0 amide bonds. The fourth-order valence-electron chi connectivity index (χ4n) is 1.23. The van der Waals surface area contributed by atoms with Crippen LogP contribution in [0.25, 0.3) is 0 Å². The molecule has 8 heteroatoms. The Hall–Kier alpha value is -1.67. The van der Waals surface area contributed by atoms with Crippen molar-refractivity contribution in [3.8, 4) is 0 Å². The third kappa shape index (κ3) is 4.37. The first-order chi connectivity index (χ1) is 7.79. The van der Waals surface area contributed by atoms with Crippen LogP contribution in [0.3, 0.4) is 0 Å². The van der Waals surface area contributed by atoms with E-state index in [1.165, 1.54) is 18.2 Å². The first-order valence-electron chi connectivity index (χ1n) is 4.67. The van der Waals surface area contributed by atoms with Gasteiger partial charge in [0.05, 0.1) is 17.8 Å². The molecule has 0 atom stereocenters. The van der Waals surface area contributed by atoms with Crippen molar-refractivity contribution in [3.05, 3.63) is 33.9 Å². The molecule has 0 radical (unpaired) electrons. The highest BCUT2D eigenvalue weighted by Crippen LogP contribution is 2.20. The Morgan fingerprint density at radius 2 is 2.12 bits per heavy atom. The number of nitrogens with two attached hydrogens (primary N) is 1. The molecule has 0 aromatic heterocycles. The minimum Gasteiger partial charge on any atom is -0.398 e. The monoisotopic (exact) mass is 260 g/mol. The summed E-state index contributed by atoms with van der Waals surface area (Å²) in [6.45, 7) is -0.0931. The second kappa shape index (κ2) is 5.11. The van der Waals surface area contributed by atoms with Gasteiger partial charge in [-0.2, -0.15) is 8.42 Å². The summed E-state index contributed by atoms with van der Waals surface area (Å²) in [6.07, 6.45) is 1.13. The topological polar surface area (TPSA) is 113 Å². The van der Waals surface area contributed by atoms with Gasteiger partial charge in [-0.25, -0.2) is 0 Å². The molecule has 1 aromatic carbocycles. The normalized spacial score (nSPS) is 11.4. The minimum atomic E-state index is -3.51. The Labute approximate surface area is 98.5 Å². The van der Waals surface area contributed by atoms with Crippen LogP contribution in [0.1, 0.15) is 5.56 Å². The fraction of sp³-hybridized carbons (Fsp3) is 0.333. The third-order valence-electron chi connectivity index (χ3n) is 2.01. The summed E-state index contributed by atoms with van der Waals surface area (Å²) in [4.78, 5) is 9.99. The van der Waals surface area contributed by atoms with Crippen molar-refractivity contribution >= 4 is 21.5 Å². The quantitative estimate of drug-likeness (QED) is 0.361. The van der Waals surface area contributed by atoms with Crippen LogP contribution < -0.4 is 5.73 Å². The number of benzene rings is 1. The van der Waals surface area contributed by atoms with Crippen LogP contribution in [0.5, 0.6) is 0 Å². The first-order valence-corrected chi connectivity index (χ1v) is 6.48. The van der Waals surface area contributed by atoms with E-state index in [0.29, 0.717) is 11.3 Å². The number of nitro groups is 1. The molecule has 0 fully saturated rings. The van der Waals surface area contributed by atoms with Crippen molar-refractivity contribution in [1.29, 1.82) is 0 Å². The maximum absolute atomic E-state index is 10.7. The van der Waals surface area contributed by atoms with Gasteiger partial charge in [0.2, 0.25) is 0 Å². The summed E-state index contributed by atoms with van der Waals surface area (Å²) in [7, 11) is -3.51. The number of nitro benzene ring substituents is 1. The lowest BCUT2D eigenvalue weighted by Crippen LogP contribution is -2.07. The molecule has 2 N–H and O–H groups in total. The number of anilines is 1. The average molecular weight is 260 g/mol. The summed E-state index contributed by atoms with van der Waals surface area (Å²) in [5.41, 5.74) is 6.38. The maximum atomic E-state index is 10.7. The van der Waals surface area contributed by atoms with E-state index in [9.17, 15) is 18.5 Å². The van der Waals surface area contributed by atoms with Crippen molar-refractivity contribution in [2.45, 2.75) is 6.42 Å². The summed E-state index contributed by atoms with van der Waals surface area (Å²) in [5, 5.41) is 10.5. The molecule has 0 bridgehead atoms. The van der Waals surface area contributed by atoms with Crippen LogP contribution in [-0.4, -0.2) is 26.2 Å². The van der Waals surface area contributed by atoms with Crippen LogP contribution in [0.2, 0.25) is 0 Å². The summed E-state index contributed by atoms with van der Waals surface area (Å²) >= 11 is 0. The predicted octanol–water partition coefficient (Wildman–Crippen LogP) is 0.696. The number of hydrogen-bond acceptors (Lipinski definition) is 6. The van der Waals surface area contributed by atoms with Crippen LogP contribution in [0.4, 0.5) is 11.4 Å². The van der Waals surface area contributed by atoms with Gasteiger partial charge in [0.15, 0.2) is 0 Å². The standard InChI is InChI=1S/C9H12N2O5S/c1-17(14,15)16-5-4-7-6-8(11(12)13)2-3-9(7)10/h2-3,6H,4-5,10H2,1H3. The van der Waals surface area contributed by atoms with Gasteiger partial charge < -0.3 is 5.73 Å². The zero-order valence-electron chi connectivity index (χ0n) is 9.12. The molecule has 94 valence electrons. The van der Waals surface area contributed by atoms with Crippen molar-refractivity contribution in [1.82, 2.24) is 0 Å². The predicted molar refractivity (Wildman–Crippen MR) is 62.0 cm³/mol. The highest BCUT2D eigenvalue weighted by molar-refractivity contribution is 7.85. The lowest BCUT2D eigenvalue weighted by molar-refractivity contribution is -0.384. The molecule has 0 spiro atoms. The van der Waals surface area contributed by atoms with E-state index in [4.69, 9.17) is 5.73 Å². The van der Waals surface area contributed by atoms with Gasteiger partial charge in [-0.3, -0.25) is 14.3 Å². The Balaban J connectivity index is 2.76. The molecular weight excluding hydrogens is 248 g/mol. The number of non-ortho nitro benzene ring substituents is 1. The van der Waals surface area contributed by atoms with Crippen molar-refractivity contribution < 1.29 is 17.5 Å². The van der Waals surface area contributed by atoms with Crippen molar-refractivity contribution in [2.75, 3.05) is 18.6 Å². The van der Waals surface area contributed by atoms with E-state index in [1.54, 1.807) is 0 Å². The second-order valence-electron chi connectivity index (χ2n) is 3.42. The minimum absolute atomic E-state index is 0.0893. The van der Waals surface area contributed by atoms with Gasteiger partial charge in [0, 0.05) is 17.8 Å². The highest BCUT2D eigenvalue weighted by atomic mass is 32.2. The van der Waals surface area contributed by atoms with Crippen LogP contribution in [-0.2, 0) is 20.7 Å². The maximum Gasteiger partial charge on any atom is 0.269 e. The van der Waals surface area contributed by atoms with E-state index in [2.05, 4.69) is 4.18 Å². The van der Waals surface area contributed by atoms with E-state index in [0.717, 1.165) is 6.26 Å². The Bertz CT molecular complexity index is 526. The zero-order chi connectivity index (χ0) is 13.1. The first kappa shape index (κ1) is 13.4. The van der Waals surface area contributed by atoms with Gasteiger partial charge >= 0.3 is 0 Å². The summed E-state index contributed by atoms with van der Waals surface area (Å²) < 4.78 is 26.0. The molecule has 0 aliphatic heterocycles. The molecule has 0 unspecified atom stereocenters. The SMILES string of the molecule is CS(=O)(=O)OCCc1cc([N+](=O)[O-])ccc1N. The van der Waals surface area contributed by atoms with Gasteiger partial charge in [-0.1, -0.05) is 0 Å². The zero-order valence-corrected chi connectivity index (χ0v) is 9.94. The molecule has 0 heterocycles. The Morgan fingerprint density at radius 1 is 1.47 bits per heavy atom. The smallest absolute Gasteiger partial charge is 0.269 e. The molecule has 0 aliphatic carbocycles. The summed E-state index contributed by atoms with van der Waals surface area (Å²) in [6, 6.07) is 4.01.